The van der Waals surface area contributed by atoms with Crippen LogP contribution < -0.4 is 4.74 Å². The van der Waals surface area contributed by atoms with Crippen molar-refractivity contribution in [1.29, 1.82) is 0 Å². The normalized spacial score (nSPS) is 13.1. The van der Waals surface area contributed by atoms with Crippen LogP contribution in [0.25, 0.3) is 11.4 Å². The highest BCUT2D eigenvalue weighted by Gasteiger charge is 2.15. The number of nitrogens with zero attached hydrogens (tertiary/aromatic N) is 2. The molecule has 190 valence electrons. The number of unbranched alkanes of at least 4 members (excludes halogenated alkanes) is 8. The van der Waals surface area contributed by atoms with Gasteiger partial charge in [0.05, 0.1) is 19.0 Å². The maximum absolute atomic E-state index is 13.9. The molecule has 0 N–H and O–H groups in total. The van der Waals surface area contributed by atoms with Gasteiger partial charge in [-0.25, -0.2) is 18.7 Å². The molecule has 5 heteroatoms. The molecular weight excluding hydrogens is 430 g/mol. The number of benzene rings is 1. The van der Waals surface area contributed by atoms with Crippen LogP contribution in [0.15, 0.2) is 36.7 Å². The molecule has 0 aliphatic rings. The quantitative estimate of drug-likeness (QED) is 0.191. The summed E-state index contributed by atoms with van der Waals surface area (Å²) in [5, 5.41) is 0. The molecule has 1 heterocycles. The molecule has 0 spiro atoms. The smallest absolute Gasteiger partial charge is 0.159 e. The SMILES string of the molecule is CCCCCCCCCCc1ccc(-c2ncc(OCCC(F)CC(F)CCCC)cn2)cc1. The van der Waals surface area contributed by atoms with Crippen LogP contribution in [0.4, 0.5) is 8.78 Å². The van der Waals surface area contributed by atoms with Crippen LogP contribution in [0.2, 0.25) is 0 Å². The second-order valence-electron chi connectivity index (χ2n) is 9.37. The zero-order chi connectivity index (χ0) is 24.4. The van der Waals surface area contributed by atoms with E-state index in [1.165, 1.54) is 56.9 Å². The standard InChI is InChI=1S/C29H44F2N2O/c1-3-5-7-8-9-10-11-12-13-24-15-17-25(18-16-24)29-32-22-28(23-33-29)34-20-19-27(31)21-26(30)14-6-4-2/h15-18,22-23,26-27H,3-14,19-21H2,1-2H3. The Labute approximate surface area is 205 Å². The van der Waals surface area contributed by atoms with Gasteiger partial charge in [0, 0.05) is 18.4 Å². The first-order valence-corrected chi connectivity index (χ1v) is 13.4. The van der Waals surface area contributed by atoms with Gasteiger partial charge in [-0.3, -0.25) is 0 Å². The van der Waals surface area contributed by atoms with Gasteiger partial charge in [-0.05, 0) is 24.8 Å². The molecule has 0 bridgehead atoms. The third-order valence-electron chi connectivity index (χ3n) is 6.24. The van der Waals surface area contributed by atoms with Gasteiger partial charge < -0.3 is 4.74 Å². The Morgan fingerprint density at radius 3 is 1.97 bits per heavy atom. The maximum Gasteiger partial charge on any atom is 0.159 e. The van der Waals surface area contributed by atoms with Crippen molar-refractivity contribution >= 4 is 0 Å². The lowest BCUT2D eigenvalue weighted by Crippen LogP contribution is -2.14. The molecule has 0 saturated heterocycles. The Balaban J connectivity index is 1.66. The van der Waals surface area contributed by atoms with E-state index in [1.807, 2.05) is 6.92 Å². The summed E-state index contributed by atoms with van der Waals surface area (Å²) < 4.78 is 33.1. The fourth-order valence-electron chi connectivity index (χ4n) is 4.07. The molecule has 0 aliphatic carbocycles. The van der Waals surface area contributed by atoms with E-state index < -0.39 is 12.3 Å². The lowest BCUT2D eigenvalue weighted by molar-refractivity contribution is 0.175. The minimum absolute atomic E-state index is 0.0478. The molecule has 34 heavy (non-hydrogen) atoms. The minimum atomic E-state index is -1.18. The molecular formula is C29H44F2N2O. The van der Waals surface area contributed by atoms with Crippen LogP contribution in [0.3, 0.4) is 0 Å². The zero-order valence-corrected chi connectivity index (χ0v) is 21.3. The van der Waals surface area contributed by atoms with E-state index >= 15 is 0 Å². The van der Waals surface area contributed by atoms with Gasteiger partial charge in [0.25, 0.3) is 0 Å². The predicted octanol–water partition coefficient (Wildman–Crippen LogP) is 8.85. The first-order chi connectivity index (χ1) is 16.6. The lowest BCUT2D eigenvalue weighted by atomic mass is 10.0. The largest absolute Gasteiger partial charge is 0.490 e. The molecule has 1 aromatic carbocycles. The van der Waals surface area contributed by atoms with E-state index in [2.05, 4.69) is 41.2 Å². The third kappa shape index (κ3) is 11.9. The lowest BCUT2D eigenvalue weighted by Gasteiger charge is -2.12. The van der Waals surface area contributed by atoms with Crippen LogP contribution >= 0.6 is 0 Å². The molecule has 2 rings (SSSR count). The van der Waals surface area contributed by atoms with Gasteiger partial charge in [-0.15, -0.1) is 0 Å². The Hall–Kier alpha value is -2.04. The van der Waals surface area contributed by atoms with Crippen LogP contribution in [-0.4, -0.2) is 28.9 Å². The average Bonchev–Trinajstić information content (AvgIpc) is 2.85. The van der Waals surface area contributed by atoms with E-state index in [0.717, 1.165) is 24.8 Å². The number of hydrogen-bond donors (Lipinski definition) is 0. The van der Waals surface area contributed by atoms with E-state index in [-0.39, 0.29) is 19.4 Å². The average molecular weight is 475 g/mol. The monoisotopic (exact) mass is 474 g/mol. The van der Waals surface area contributed by atoms with Crippen molar-refractivity contribution in [1.82, 2.24) is 9.97 Å². The number of aromatic nitrogens is 2. The summed E-state index contributed by atoms with van der Waals surface area (Å²) in [7, 11) is 0. The number of alkyl halides is 2. The second-order valence-corrected chi connectivity index (χ2v) is 9.37. The number of rotatable bonds is 19. The number of aryl methyl sites for hydroxylation is 1. The highest BCUT2D eigenvalue weighted by atomic mass is 19.1. The topological polar surface area (TPSA) is 35.0 Å². The second kappa shape index (κ2) is 17.4. The van der Waals surface area contributed by atoms with Crippen molar-refractivity contribution < 1.29 is 13.5 Å². The van der Waals surface area contributed by atoms with Crippen molar-refractivity contribution in [2.24, 2.45) is 0 Å². The van der Waals surface area contributed by atoms with Gasteiger partial charge in [0.2, 0.25) is 0 Å². The van der Waals surface area contributed by atoms with Crippen molar-refractivity contribution in [2.75, 3.05) is 6.61 Å². The van der Waals surface area contributed by atoms with Crippen LogP contribution in [0.5, 0.6) is 5.75 Å². The van der Waals surface area contributed by atoms with Gasteiger partial charge in [-0.1, -0.05) is 95.9 Å². The Bertz CT molecular complexity index is 752. The van der Waals surface area contributed by atoms with E-state index in [1.54, 1.807) is 12.4 Å². The van der Waals surface area contributed by atoms with Crippen molar-refractivity contribution in [3.63, 3.8) is 0 Å². The third-order valence-corrected chi connectivity index (χ3v) is 6.24. The first kappa shape index (κ1) is 28.2. The van der Waals surface area contributed by atoms with E-state index in [4.69, 9.17) is 4.74 Å². The first-order valence-electron chi connectivity index (χ1n) is 13.4. The van der Waals surface area contributed by atoms with Gasteiger partial charge in [0.1, 0.15) is 12.3 Å². The molecule has 2 unspecified atom stereocenters. The fraction of sp³-hybridized carbons (Fsp3) is 0.655. The van der Waals surface area contributed by atoms with Crippen LogP contribution in [-0.2, 0) is 6.42 Å². The van der Waals surface area contributed by atoms with Crippen molar-refractivity contribution in [3.05, 3.63) is 42.2 Å². The summed E-state index contributed by atoms with van der Waals surface area (Å²) in [4.78, 5) is 8.77. The Kier molecular flexibility index (Phi) is 14.4. The summed E-state index contributed by atoms with van der Waals surface area (Å²) in [5.41, 5.74) is 2.32. The molecule has 0 fully saturated rings. The molecule has 0 radical (unpaired) electrons. The summed E-state index contributed by atoms with van der Waals surface area (Å²) in [5.74, 6) is 1.15. The Morgan fingerprint density at radius 1 is 0.735 bits per heavy atom. The minimum Gasteiger partial charge on any atom is -0.490 e. The van der Waals surface area contributed by atoms with Crippen LogP contribution in [0.1, 0.15) is 103 Å². The Morgan fingerprint density at radius 2 is 1.32 bits per heavy atom. The highest BCUT2D eigenvalue weighted by Crippen LogP contribution is 2.20. The van der Waals surface area contributed by atoms with Crippen LogP contribution in [0, 0.1) is 0 Å². The van der Waals surface area contributed by atoms with E-state index in [0.29, 0.717) is 18.0 Å². The van der Waals surface area contributed by atoms with Crippen molar-refractivity contribution in [3.8, 4) is 17.1 Å². The summed E-state index contributed by atoms with van der Waals surface area (Å²) in [6.45, 7) is 4.46. The molecule has 1 aromatic heterocycles. The molecule has 2 aromatic rings. The predicted molar refractivity (Wildman–Crippen MR) is 138 cm³/mol. The summed E-state index contributed by atoms with van der Waals surface area (Å²) >= 11 is 0. The van der Waals surface area contributed by atoms with Gasteiger partial charge >= 0.3 is 0 Å². The molecule has 0 aliphatic heterocycles. The van der Waals surface area contributed by atoms with Gasteiger partial charge in [0.15, 0.2) is 11.6 Å². The molecule has 0 saturated carbocycles. The molecule has 3 nitrogen and oxygen atoms in total. The van der Waals surface area contributed by atoms with Crippen molar-refractivity contribution in [2.45, 2.75) is 116 Å². The maximum atomic E-state index is 13.9. The number of ether oxygens (including phenoxy) is 1. The highest BCUT2D eigenvalue weighted by molar-refractivity contribution is 5.55. The number of halogens is 2. The molecule has 0 amide bonds. The summed E-state index contributed by atoms with van der Waals surface area (Å²) in [6, 6.07) is 8.44. The van der Waals surface area contributed by atoms with E-state index in [9.17, 15) is 8.78 Å². The van der Waals surface area contributed by atoms with Gasteiger partial charge in [-0.2, -0.15) is 0 Å². The number of hydrogen-bond acceptors (Lipinski definition) is 3. The zero-order valence-electron chi connectivity index (χ0n) is 21.3. The molecule has 2 atom stereocenters. The summed E-state index contributed by atoms with van der Waals surface area (Å²) in [6.07, 6.45) is 15.1. The fourth-order valence-corrected chi connectivity index (χ4v) is 4.07.